The fourth-order valence-corrected chi connectivity index (χ4v) is 1.82. The highest BCUT2D eigenvalue weighted by atomic mass is 16.1. The van der Waals surface area contributed by atoms with Crippen molar-refractivity contribution in [3.8, 4) is 0 Å². The molecule has 1 aromatic heterocycles. The van der Waals surface area contributed by atoms with E-state index in [-0.39, 0.29) is 0 Å². The van der Waals surface area contributed by atoms with Crippen molar-refractivity contribution in [2.24, 2.45) is 0 Å². The van der Waals surface area contributed by atoms with Crippen molar-refractivity contribution in [1.82, 2.24) is 9.97 Å². The molecular weight excluding hydrogens is 164 g/mol. The number of nitrogens with zero attached hydrogens (tertiary/aromatic N) is 2. The second kappa shape index (κ2) is 3.64. The van der Waals surface area contributed by atoms with Crippen LogP contribution in [0, 0.1) is 0 Å². The third kappa shape index (κ3) is 1.59. The first-order valence-corrected chi connectivity index (χ1v) is 4.70. The molecule has 1 aliphatic rings. The second-order valence-corrected chi connectivity index (χ2v) is 3.36. The van der Waals surface area contributed by atoms with E-state index >= 15 is 0 Å². The zero-order chi connectivity index (χ0) is 9.10. The van der Waals surface area contributed by atoms with E-state index in [0.29, 0.717) is 5.69 Å². The summed E-state index contributed by atoms with van der Waals surface area (Å²) in [4.78, 5) is 18.9. The fourth-order valence-electron chi connectivity index (χ4n) is 1.82. The number of hydrogen-bond donors (Lipinski definition) is 0. The second-order valence-electron chi connectivity index (χ2n) is 3.36. The minimum Gasteiger partial charge on any atom is -0.296 e. The van der Waals surface area contributed by atoms with Gasteiger partial charge in [0.15, 0.2) is 6.29 Å². The number of aryl methyl sites for hydroxylation is 1. The summed E-state index contributed by atoms with van der Waals surface area (Å²) in [5.41, 5.74) is 2.75. The Morgan fingerprint density at radius 2 is 2.00 bits per heavy atom. The SMILES string of the molecule is O=Cc1ncnc2c1CCCCC2. The van der Waals surface area contributed by atoms with Gasteiger partial charge < -0.3 is 0 Å². The molecule has 0 amide bonds. The summed E-state index contributed by atoms with van der Waals surface area (Å²) in [7, 11) is 0. The average Bonchev–Trinajstić information content (AvgIpc) is 2.41. The molecule has 68 valence electrons. The van der Waals surface area contributed by atoms with E-state index in [1.54, 1.807) is 0 Å². The van der Waals surface area contributed by atoms with Gasteiger partial charge in [0, 0.05) is 11.3 Å². The zero-order valence-electron chi connectivity index (χ0n) is 7.49. The molecular formula is C10H12N2O. The lowest BCUT2D eigenvalue weighted by atomic mass is 10.1. The van der Waals surface area contributed by atoms with Crippen LogP contribution in [0.15, 0.2) is 6.33 Å². The van der Waals surface area contributed by atoms with E-state index < -0.39 is 0 Å². The van der Waals surface area contributed by atoms with Crippen LogP contribution in [0.1, 0.15) is 41.0 Å². The molecule has 2 rings (SSSR count). The van der Waals surface area contributed by atoms with Crippen molar-refractivity contribution in [3.05, 3.63) is 23.3 Å². The predicted molar refractivity (Wildman–Crippen MR) is 48.7 cm³/mol. The fraction of sp³-hybridized carbons (Fsp3) is 0.500. The van der Waals surface area contributed by atoms with Gasteiger partial charge >= 0.3 is 0 Å². The Hall–Kier alpha value is -1.25. The normalized spacial score (nSPS) is 16.0. The van der Waals surface area contributed by atoms with Gasteiger partial charge in [-0.2, -0.15) is 0 Å². The summed E-state index contributed by atoms with van der Waals surface area (Å²) in [5.74, 6) is 0. The lowest BCUT2D eigenvalue weighted by molar-refractivity contribution is 0.111. The molecule has 0 aromatic carbocycles. The Balaban J connectivity index is 2.45. The van der Waals surface area contributed by atoms with Gasteiger partial charge in [0.05, 0.1) is 0 Å². The molecule has 0 unspecified atom stereocenters. The molecule has 0 saturated heterocycles. The number of aldehydes is 1. The Morgan fingerprint density at radius 3 is 2.85 bits per heavy atom. The maximum Gasteiger partial charge on any atom is 0.168 e. The summed E-state index contributed by atoms with van der Waals surface area (Å²) >= 11 is 0. The molecule has 0 saturated carbocycles. The highest BCUT2D eigenvalue weighted by Crippen LogP contribution is 2.19. The Kier molecular flexibility index (Phi) is 2.34. The van der Waals surface area contributed by atoms with Gasteiger partial charge in [0.1, 0.15) is 12.0 Å². The van der Waals surface area contributed by atoms with E-state index in [1.807, 2.05) is 0 Å². The molecule has 1 heterocycles. The van der Waals surface area contributed by atoms with Crippen LogP contribution in [0.3, 0.4) is 0 Å². The van der Waals surface area contributed by atoms with E-state index in [0.717, 1.165) is 36.8 Å². The molecule has 3 heteroatoms. The largest absolute Gasteiger partial charge is 0.296 e. The molecule has 0 spiro atoms. The van der Waals surface area contributed by atoms with Gasteiger partial charge in [-0.05, 0) is 25.7 Å². The first-order valence-electron chi connectivity index (χ1n) is 4.70. The van der Waals surface area contributed by atoms with Gasteiger partial charge in [0.25, 0.3) is 0 Å². The van der Waals surface area contributed by atoms with Gasteiger partial charge in [-0.3, -0.25) is 4.79 Å². The van der Waals surface area contributed by atoms with Crippen LogP contribution in [0.25, 0.3) is 0 Å². The van der Waals surface area contributed by atoms with Crippen molar-refractivity contribution in [3.63, 3.8) is 0 Å². The van der Waals surface area contributed by atoms with E-state index in [2.05, 4.69) is 9.97 Å². The smallest absolute Gasteiger partial charge is 0.168 e. The summed E-state index contributed by atoms with van der Waals surface area (Å²) in [5, 5.41) is 0. The molecule has 1 aromatic rings. The first-order chi connectivity index (χ1) is 6.42. The summed E-state index contributed by atoms with van der Waals surface area (Å²) in [6, 6.07) is 0. The number of hydrogen-bond acceptors (Lipinski definition) is 3. The summed E-state index contributed by atoms with van der Waals surface area (Å²) in [6.45, 7) is 0. The van der Waals surface area contributed by atoms with Crippen molar-refractivity contribution < 1.29 is 4.79 Å². The third-order valence-corrected chi connectivity index (χ3v) is 2.52. The quantitative estimate of drug-likeness (QED) is 0.481. The number of rotatable bonds is 1. The lowest BCUT2D eigenvalue weighted by Gasteiger charge is -2.04. The number of aromatic nitrogens is 2. The van der Waals surface area contributed by atoms with Crippen LogP contribution in [-0.2, 0) is 12.8 Å². The van der Waals surface area contributed by atoms with Crippen LogP contribution in [-0.4, -0.2) is 16.3 Å². The van der Waals surface area contributed by atoms with E-state index in [1.165, 1.54) is 19.2 Å². The molecule has 0 aliphatic heterocycles. The van der Waals surface area contributed by atoms with Gasteiger partial charge in [-0.15, -0.1) is 0 Å². The van der Waals surface area contributed by atoms with Crippen LogP contribution in [0.5, 0.6) is 0 Å². The molecule has 0 bridgehead atoms. The minimum absolute atomic E-state index is 0.590. The van der Waals surface area contributed by atoms with Crippen LogP contribution < -0.4 is 0 Å². The molecule has 0 radical (unpaired) electrons. The number of carbonyl (C=O) groups excluding carboxylic acids is 1. The Labute approximate surface area is 77.2 Å². The number of fused-ring (bicyclic) bond motifs is 1. The minimum atomic E-state index is 0.590. The lowest BCUT2D eigenvalue weighted by Crippen LogP contribution is -2.02. The average molecular weight is 176 g/mol. The topological polar surface area (TPSA) is 42.9 Å². The monoisotopic (exact) mass is 176 g/mol. The predicted octanol–water partition coefficient (Wildman–Crippen LogP) is 1.56. The van der Waals surface area contributed by atoms with Gasteiger partial charge in [-0.25, -0.2) is 9.97 Å². The Bertz CT molecular complexity index is 323. The molecule has 0 N–H and O–H groups in total. The third-order valence-electron chi connectivity index (χ3n) is 2.52. The summed E-state index contributed by atoms with van der Waals surface area (Å²) in [6.07, 6.45) is 7.86. The highest BCUT2D eigenvalue weighted by Gasteiger charge is 2.12. The molecule has 0 atom stereocenters. The van der Waals surface area contributed by atoms with Crippen molar-refractivity contribution in [2.75, 3.05) is 0 Å². The molecule has 1 aliphatic carbocycles. The molecule has 3 nitrogen and oxygen atoms in total. The van der Waals surface area contributed by atoms with Crippen LogP contribution in [0.4, 0.5) is 0 Å². The summed E-state index contributed by atoms with van der Waals surface area (Å²) < 4.78 is 0. The van der Waals surface area contributed by atoms with Crippen molar-refractivity contribution in [1.29, 1.82) is 0 Å². The highest BCUT2D eigenvalue weighted by molar-refractivity contribution is 5.74. The van der Waals surface area contributed by atoms with Crippen molar-refractivity contribution >= 4 is 6.29 Å². The maximum atomic E-state index is 10.7. The van der Waals surface area contributed by atoms with Crippen molar-refractivity contribution in [2.45, 2.75) is 32.1 Å². The Morgan fingerprint density at radius 1 is 1.15 bits per heavy atom. The molecule has 13 heavy (non-hydrogen) atoms. The van der Waals surface area contributed by atoms with E-state index in [4.69, 9.17) is 0 Å². The standard InChI is InChI=1S/C10H12N2O/c13-6-10-8-4-2-1-3-5-9(8)11-7-12-10/h6-7H,1-5H2. The first kappa shape index (κ1) is 8.35. The van der Waals surface area contributed by atoms with Gasteiger partial charge in [0.2, 0.25) is 0 Å². The zero-order valence-corrected chi connectivity index (χ0v) is 7.49. The molecule has 0 fully saturated rings. The number of carbonyl (C=O) groups is 1. The maximum absolute atomic E-state index is 10.7. The van der Waals surface area contributed by atoms with E-state index in [9.17, 15) is 4.79 Å². The van der Waals surface area contributed by atoms with Crippen LogP contribution in [0.2, 0.25) is 0 Å². The van der Waals surface area contributed by atoms with Crippen LogP contribution >= 0.6 is 0 Å². The van der Waals surface area contributed by atoms with Gasteiger partial charge in [-0.1, -0.05) is 6.42 Å².